The number of carbonyl (C=O) groups is 1. The van der Waals surface area contributed by atoms with Gasteiger partial charge in [-0.15, -0.1) is 0 Å². The molecule has 0 spiro atoms. The lowest BCUT2D eigenvalue weighted by Crippen LogP contribution is -2.48. The van der Waals surface area contributed by atoms with Gasteiger partial charge in [0, 0.05) is 28.7 Å². The zero-order chi connectivity index (χ0) is 13.3. The van der Waals surface area contributed by atoms with Crippen LogP contribution in [-0.4, -0.2) is 36.1 Å². The normalized spacial score (nSPS) is 24.1. The molecule has 0 unspecified atom stereocenters. The van der Waals surface area contributed by atoms with Crippen LogP contribution in [0.3, 0.4) is 0 Å². The minimum absolute atomic E-state index is 0.0485. The summed E-state index contributed by atoms with van der Waals surface area (Å²) in [5, 5.41) is 0.945. The zero-order valence-electron chi connectivity index (χ0n) is 10.3. The largest absolute Gasteiger partial charge is 0.372 e. The van der Waals surface area contributed by atoms with Gasteiger partial charge in [0.05, 0.1) is 12.2 Å². The first kappa shape index (κ1) is 13.7. The molecule has 1 fully saturated rings. The summed E-state index contributed by atoms with van der Waals surface area (Å²) in [6, 6.07) is 4.89. The van der Waals surface area contributed by atoms with Crippen molar-refractivity contribution in [1.29, 1.82) is 0 Å². The van der Waals surface area contributed by atoms with Crippen molar-refractivity contribution in [3.8, 4) is 0 Å². The van der Waals surface area contributed by atoms with Gasteiger partial charge in [0.25, 0.3) is 5.91 Å². The molecule has 98 valence electrons. The first-order chi connectivity index (χ1) is 8.45. The van der Waals surface area contributed by atoms with Crippen LogP contribution in [0.1, 0.15) is 24.2 Å². The standard InChI is InChI=1S/C13H15Cl2NO2/c1-8-6-16(7-9(2)18-8)13(17)10-3-11(14)5-12(15)4-10/h3-5,8-9H,6-7H2,1-2H3/t8-,9-/m0/s1. The van der Waals surface area contributed by atoms with Crippen molar-refractivity contribution in [1.82, 2.24) is 4.90 Å². The predicted molar refractivity (Wildman–Crippen MR) is 72.4 cm³/mol. The van der Waals surface area contributed by atoms with Crippen LogP contribution >= 0.6 is 23.2 Å². The molecule has 1 saturated heterocycles. The topological polar surface area (TPSA) is 29.5 Å². The number of ether oxygens (including phenoxy) is 1. The summed E-state index contributed by atoms with van der Waals surface area (Å²) in [7, 11) is 0. The molecule has 1 aliphatic rings. The van der Waals surface area contributed by atoms with E-state index in [4.69, 9.17) is 27.9 Å². The van der Waals surface area contributed by atoms with Crippen LogP contribution in [0, 0.1) is 0 Å². The Labute approximate surface area is 117 Å². The zero-order valence-corrected chi connectivity index (χ0v) is 11.8. The summed E-state index contributed by atoms with van der Waals surface area (Å²) < 4.78 is 5.60. The van der Waals surface area contributed by atoms with E-state index in [-0.39, 0.29) is 18.1 Å². The summed E-state index contributed by atoms with van der Waals surface area (Å²) in [5.41, 5.74) is 0.522. The second-order valence-corrected chi connectivity index (χ2v) is 5.50. The fourth-order valence-corrected chi connectivity index (χ4v) is 2.73. The number of hydrogen-bond acceptors (Lipinski definition) is 2. The van der Waals surface area contributed by atoms with Gasteiger partial charge in [-0.2, -0.15) is 0 Å². The fraction of sp³-hybridized carbons (Fsp3) is 0.462. The highest BCUT2D eigenvalue weighted by Gasteiger charge is 2.26. The molecule has 1 aliphatic heterocycles. The molecule has 0 radical (unpaired) electrons. The third-order valence-electron chi connectivity index (χ3n) is 2.82. The van der Waals surface area contributed by atoms with Crippen LogP contribution in [0.5, 0.6) is 0 Å². The predicted octanol–water partition coefficient (Wildman–Crippen LogP) is 3.24. The summed E-state index contributed by atoms with van der Waals surface area (Å²) >= 11 is 11.8. The van der Waals surface area contributed by atoms with E-state index in [9.17, 15) is 4.79 Å². The number of benzene rings is 1. The number of halogens is 2. The van der Waals surface area contributed by atoms with Gasteiger partial charge in [-0.1, -0.05) is 23.2 Å². The highest BCUT2D eigenvalue weighted by atomic mass is 35.5. The number of rotatable bonds is 1. The molecule has 2 atom stereocenters. The van der Waals surface area contributed by atoms with E-state index in [1.807, 2.05) is 13.8 Å². The van der Waals surface area contributed by atoms with Gasteiger partial charge in [-0.05, 0) is 32.0 Å². The summed E-state index contributed by atoms with van der Waals surface area (Å²) in [4.78, 5) is 14.1. The van der Waals surface area contributed by atoms with Crippen LogP contribution in [0.15, 0.2) is 18.2 Å². The van der Waals surface area contributed by atoms with E-state index in [0.717, 1.165) is 0 Å². The maximum Gasteiger partial charge on any atom is 0.254 e. The molecule has 0 aromatic heterocycles. The molecule has 1 aromatic rings. The van der Waals surface area contributed by atoms with E-state index >= 15 is 0 Å². The first-order valence-corrected chi connectivity index (χ1v) is 6.62. The monoisotopic (exact) mass is 287 g/mol. The Hall–Kier alpha value is -0.770. The van der Waals surface area contributed by atoms with Crippen LogP contribution < -0.4 is 0 Å². The van der Waals surface area contributed by atoms with E-state index in [1.165, 1.54) is 0 Å². The average molecular weight is 288 g/mol. The SMILES string of the molecule is C[C@H]1CN(C(=O)c2cc(Cl)cc(Cl)c2)C[C@H](C)O1. The minimum atomic E-state index is -0.0543. The van der Waals surface area contributed by atoms with E-state index < -0.39 is 0 Å². The number of nitrogens with zero attached hydrogens (tertiary/aromatic N) is 1. The lowest BCUT2D eigenvalue weighted by molar-refractivity contribution is -0.0586. The Morgan fingerprint density at radius 1 is 1.17 bits per heavy atom. The minimum Gasteiger partial charge on any atom is -0.372 e. The molecule has 1 amide bonds. The molecule has 0 aliphatic carbocycles. The Kier molecular flexibility index (Phi) is 4.15. The van der Waals surface area contributed by atoms with E-state index in [2.05, 4.69) is 0 Å². The molecule has 1 aromatic carbocycles. The van der Waals surface area contributed by atoms with Gasteiger partial charge < -0.3 is 9.64 Å². The van der Waals surface area contributed by atoms with Crippen molar-refractivity contribution < 1.29 is 9.53 Å². The average Bonchev–Trinajstić information content (AvgIpc) is 2.25. The van der Waals surface area contributed by atoms with E-state index in [1.54, 1.807) is 23.1 Å². The number of amides is 1. The van der Waals surface area contributed by atoms with Crippen molar-refractivity contribution >= 4 is 29.1 Å². The van der Waals surface area contributed by atoms with Crippen LogP contribution in [0.2, 0.25) is 10.0 Å². The van der Waals surface area contributed by atoms with Crippen molar-refractivity contribution in [3.63, 3.8) is 0 Å². The van der Waals surface area contributed by atoms with Crippen LogP contribution in [0.25, 0.3) is 0 Å². The third kappa shape index (κ3) is 3.16. The summed E-state index contributed by atoms with van der Waals surface area (Å²) in [6.45, 7) is 5.10. The summed E-state index contributed by atoms with van der Waals surface area (Å²) in [6.07, 6.45) is 0.0970. The van der Waals surface area contributed by atoms with Crippen LogP contribution in [-0.2, 0) is 4.74 Å². The fourth-order valence-electron chi connectivity index (χ4n) is 2.20. The second-order valence-electron chi connectivity index (χ2n) is 4.63. The van der Waals surface area contributed by atoms with Gasteiger partial charge in [0.2, 0.25) is 0 Å². The molecule has 0 bridgehead atoms. The molecule has 1 heterocycles. The van der Waals surface area contributed by atoms with E-state index in [0.29, 0.717) is 28.7 Å². The van der Waals surface area contributed by atoms with Gasteiger partial charge in [0.15, 0.2) is 0 Å². The lowest BCUT2D eigenvalue weighted by atomic mass is 10.1. The lowest BCUT2D eigenvalue weighted by Gasteiger charge is -2.35. The maximum atomic E-state index is 12.3. The van der Waals surface area contributed by atoms with Crippen molar-refractivity contribution in [2.24, 2.45) is 0 Å². The van der Waals surface area contributed by atoms with Crippen molar-refractivity contribution in [2.45, 2.75) is 26.1 Å². The van der Waals surface area contributed by atoms with Crippen molar-refractivity contribution in [2.75, 3.05) is 13.1 Å². The smallest absolute Gasteiger partial charge is 0.254 e. The number of carbonyl (C=O) groups excluding carboxylic acids is 1. The molecule has 0 N–H and O–H groups in total. The van der Waals surface area contributed by atoms with Gasteiger partial charge in [0.1, 0.15) is 0 Å². The molecule has 0 saturated carbocycles. The Bertz CT molecular complexity index is 434. The van der Waals surface area contributed by atoms with Crippen LogP contribution in [0.4, 0.5) is 0 Å². The highest BCUT2D eigenvalue weighted by Crippen LogP contribution is 2.21. The Morgan fingerprint density at radius 2 is 1.67 bits per heavy atom. The van der Waals surface area contributed by atoms with Gasteiger partial charge >= 0.3 is 0 Å². The third-order valence-corrected chi connectivity index (χ3v) is 3.25. The molecular weight excluding hydrogens is 273 g/mol. The molecular formula is C13H15Cl2NO2. The molecule has 5 heteroatoms. The first-order valence-electron chi connectivity index (χ1n) is 5.86. The number of hydrogen-bond donors (Lipinski definition) is 0. The molecule has 2 rings (SSSR count). The van der Waals surface area contributed by atoms with Gasteiger partial charge in [-0.3, -0.25) is 4.79 Å². The molecule has 3 nitrogen and oxygen atoms in total. The quantitative estimate of drug-likeness (QED) is 0.794. The second kappa shape index (κ2) is 5.47. The Balaban J connectivity index is 2.20. The molecule has 18 heavy (non-hydrogen) atoms. The maximum absolute atomic E-state index is 12.3. The summed E-state index contributed by atoms with van der Waals surface area (Å²) in [5.74, 6) is -0.0543. The number of morpholine rings is 1. The highest BCUT2D eigenvalue weighted by molar-refractivity contribution is 6.35. The van der Waals surface area contributed by atoms with Crippen molar-refractivity contribution in [3.05, 3.63) is 33.8 Å². The van der Waals surface area contributed by atoms with Gasteiger partial charge in [-0.25, -0.2) is 0 Å². The Morgan fingerprint density at radius 3 is 2.17 bits per heavy atom.